The van der Waals surface area contributed by atoms with Gasteiger partial charge in [-0.2, -0.15) is 0 Å². The predicted octanol–water partition coefficient (Wildman–Crippen LogP) is 3.21. The Balaban J connectivity index is 2.26. The maximum Gasteiger partial charge on any atom is 0.119 e. The highest BCUT2D eigenvalue weighted by Crippen LogP contribution is 2.35. The Kier molecular flexibility index (Phi) is 4.71. The van der Waals surface area contributed by atoms with Crippen LogP contribution < -0.4 is 10.5 Å². The van der Waals surface area contributed by atoms with Crippen LogP contribution in [0.15, 0.2) is 24.3 Å². The summed E-state index contributed by atoms with van der Waals surface area (Å²) in [6.45, 7) is 9.04. The van der Waals surface area contributed by atoms with E-state index >= 15 is 0 Å². The van der Waals surface area contributed by atoms with Crippen LogP contribution in [0.4, 0.5) is 0 Å². The first-order valence-corrected chi connectivity index (χ1v) is 7.56. The number of benzene rings is 1. The van der Waals surface area contributed by atoms with Crippen molar-refractivity contribution in [3.05, 3.63) is 29.8 Å². The maximum atomic E-state index is 6.30. The van der Waals surface area contributed by atoms with Gasteiger partial charge in [0.15, 0.2) is 0 Å². The molecular formula is C17H28N2O. The van der Waals surface area contributed by atoms with E-state index in [4.69, 9.17) is 10.5 Å². The quantitative estimate of drug-likeness (QED) is 0.917. The number of nitrogens with zero attached hydrogens (tertiary/aromatic N) is 1. The first-order chi connectivity index (χ1) is 9.43. The van der Waals surface area contributed by atoms with Crippen LogP contribution in [-0.2, 0) is 0 Å². The number of hydrogen-bond donors (Lipinski definition) is 1. The van der Waals surface area contributed by atoms with Gasteiger partial charge in [0, 0.05) is 18.6 Å². The molecule has 20 heavy (non-hydrogen) atoms. The molecule has 0 amide bonds. The zero-order valence-electron chi connectivity index (χ0n) is 13.2. The van der Waals surface area contributed by atoms with E-state index in [-0.39, 0.29) is 12.1 Å². The molecule has 3 heteroatoms. The minimum Gasteiger partial charge on any atom is -0.497 e. The Morgan fingerprint density at radius 1 is 1.35 bits per heavy atom. The zero-order chi connectivity index (χ0) is 14.8. The lowest BCUT2D eigenvalue weighted by molar-refractivity contribution is 0.0687. The third-order valence-corrected chi connectivity index (χ3v) is 4.26. The van der Waals surface area contributed by atoms with E-state index < -0.39 is 0 Å². The van der Waals surface area contributed by atoms with Crippen molar-refractivity contribution in [3.63, 3.8) is 0 Å². The van der Waals surface area contributed by atoms with E-state index in [1.54, 1.807) is 7.11 Å². The van der Waals surface area contributed by atoms with Crippen LogP contribution in [0.1, 0.15) is 45.2 Å². The molecule has 2 unspecified atom stereocenters. The van der Waals surface area contributed by atoms with Gasteiger partial charge in [-0.25, -0.2) is 0 Å². The Hall–Kier alpha value is -1.06. The molecule has 0 bridgehead atoms. The molecule has 0 saturated carbocycles. The van der Waals surface area contributed by atoms with Gasteiger partial charge < -0.3 is 10.5 Å². The second-order valence-electron chi connectivity index (χ2n) is 6.82. The fraction of sp³-hybridized carbons (Fsp3) is 0.647. The van der Waals surface area contributed by atoms with Crippen LogP contribution >= 0.6 is 0 Å². The number of hydrogen-bond acceptors (Lipinski definition) is 3. The monoisotopic (exact) mass is 276 g/mol. The molecule has 1 fully saturated rings. The Bertz CT molecular complexity index is 442. The summed E-state index contributed by atoms with van der Waals surface area (Å²) >= 11 is 0. The van der Waals surface area contributed by atoms with Crippen molar-refractivity contribution in [1.29, 1.82) is 0 Å². The van der Waals surface area contributed by atoms with Gasteiger partial charge >= 0.3 is 0 Å². The summed E-state index contributed by atoms with van der Waals surface area (Å²) in [6.07, 6.45) is 2.55. The topological polar surface area (TPSA) is 38.5 Å². The number of nitrogens with two attached hydrogens (primary N) is 1. The predicted molar refractivity (Wildman–Crippen MR) is 84.0 cm³/mol. The summed E-state index contributed by atoms with van der Waals surface area (Å²) in [5.74, 6) is 0.907. The number of piperidine rings is 1. The van der Waals surface area contributed by atoms with Gasteiger partial charge in [-0.05, 0) is 49.4 Å². The van der Waals surface area contributed by atoms with E-state index in [1.807, 2.05) is 6.07 Å². The van der Waals surface area contributed by atoms with Crippen LogP contribution in [0.3, 0.4) is 0 Å². The lowest BCUT2D eigenvalue weighted by Crippen LogP contribution is -2.47. The van der Waals surface area contributed by atoms with Crippen molar-refractivity contribution >= 4 is 0 Å². The SMILES string of the molecule is COc1cccc(C(C(C)N)N2CCCC(C)(C)C2)c1. The maximum absolute atomic E-state index is 6.30. The number of rotatable bonds is 4. The fourth-order valence-corrected chi connectivity index (χ4v) is 3.38. The molecule has 2 rings (SSSR count). The molecule has 1 aromatic carbocycles. The summed E-state index contributed by atoms with van der Waals surface area (Å²) in [6, 6.07) is 8.70. The van der Waals surface area contributed by atoms with Crippen molar-refractivity contribution < 1.29 is 4.74 Å². The number of ether oxygens (including phenoxy) is 1. The second-order valence-corrected chi connectivity index (χ2v) is 6.82. The minimum absolute atomic E-state index is 0.107. The van der Waals surface area contributed by atoms with E-state index in [0.717, 1.165) is 18.8 Å². The second kappa shape index (κ2) is 6.15. The standard InChI is InChI=1S/C17H28N2O/c1-13(18)16(14-7-5-8-15(11-14)20-4)19-10-6-9-17(2,3)12-19/h5,7-8,11,13,16H,6,9-10,12,18H2,1-4H3. The van der Waals surface area contributed by atoms with Crippen molar-refractivity contribution in [2.24, 2.45) is 11.1 Å². The van der Waals surface area contributed by atoms with Crippen molar-refractivity contribution in [2.75, 3.05) is 20.2 Å². The molecule has 1 aromatic rings. The molecule has 1 aliphatic rings. The van der Waals surface area contributed by atoms with E-state index in [0.29, 0.717) is 5.41 Å². The van der Waals surface area contributed by atoms with Gasteiger partial charge in [0.2, 0.25) is 0 Å². The van der Waals surface area contributed by atoms with Crippen molar-refractivity contribution in [2.45, 2.75) is 45.7 Å². The summed E-state index contributed by atoms with van der Waals surface area (Å²) in [7, 11) is 1.71. The van der Waals surface area contributed by atoms with Gasteiger partial charge in [0.25, 0.3) is 0 Å². The summed E-state index contributed by atoms with van der Waals surface area (Å²) < 4.78 is 5.35. The van der Waals surface area contributed by atoms with Gasteiger partial charge in [-0.3, -0.25) is 4.90 Å². The molecule has 1 aliphatic heterocycles. The third kappa shape index (κ3) is 3.53. The lowest BCUT2D eigenvalue weighted by atomic mass is 9.82. The van der Waals surface area contributed by atoms with Crippen LogP contribution in [0.2, 0.25) is 0 Å². The lowest BCUT2D eigenvalue weighted by Gasteiger charge is -2.43. The molecule has 2 atom stereocenters. The Morgan fingerprint density at radius 3 is 2.70 bits per heavy atom. The average molecular weight is 276 g/mol. The molecule has 0 aliphatic carbocycles. The molecule has 2 N–H and O–H groups in total. The summed E-state index contributed by atoms with van der Waals surface area (Å²) in [5.41, 5.74) is 7.94. The first kappa shape index (κ1) is 15.3. The van der Waals surface area contributed by atoms with Crippen molar-refractivity contribution in [3.8, 4) is 5.75 Å². The minimum atomic E-state index is 0.107. The molecule has 0 spiro atoms. The Labute approximate surface area is 123 Å². The Morgan fingerprint density at radius 2 is 2.10 bits per heavy atom. The van der Waals surface area contributed by atoms with E-state index in [9.17, 15) is 0 Å². The van der Waals surface area contributed by atoms with Gasteiger partial charge in [0.05, 0.1) is 7.11 Å². The molecule has 112 valence electrons. The molecule has 0 radical (unpaired) electrons. The van der Waals surface area contributed by atoms with Gasteiger partial charge in [-0.15, -0.1) is 0 Å². The molecular weight excluding hydrogens is 248 g/mol. The van der Waals surface area contributed by atoms with Crippen LogP contribution in [0.25, 0.3) is 0 Å². The van der Waals surface area contributed by atoms with Crippen LogP contribution in [-0.4, -0.2) is 31.1 Å². The van der Waals surface area contributed by atoms with Gasteiger partial charge in [-0.1, -0.05) is 26.0 Å². The summed E-state index contributed by atoms with van der Waals surface area (Å²) in [4.78, 5) is 2.54. The van der Waals surface area contributed by atoms with Crippen LogP contribution in [0, 0.1) is 5.41 Å². The van der Waals surface area contributed by atoms with Crippen molar-refractivity contribution in [1.82, 2.24) is 4.90 Å². The highest BCUT2D eigenvalue weighted by atomic mass is 16.5. The third-order valence-electron chi connectivity index (χ3n) is 4.26. The number of methoxy groups -OCH3 is 1. The smallest absolute Gasteiger partial charge is 0.119 e. The normalized spacial score (nSPS) is 22.2. The van der Waals surface area contributed by atoms with E-state index in [1.165, 1.54) is 18.4 Å². The molecule has 1 saturated heterocycles. The zero-order valence-corrected chi connectivity index (χ0v) is 13.2. The fourth-order valence-electron chi connectivity index (χ4n) is 3.38. The van der Waals surface area contributed by atoms with Gasteiger partial charge in [0.1, 0.15) is 5.75 Å². The molecule has 0 aromatic heterocycles. The summed E-state index contributed by atoms with van der Waals surface area (Å²) in [5, 5.41) is 0. The first-order valence-electron chi connectivity index (χ1n) is 7.56. The molecule has 3 nitrogen and oxygen atoms in total. The van der Waals surface area contributed by atoms with E-state index in [2.05, 4.69) is 43.9 Å². The average Bonchev–Trinajstić information content (AvgIpc) is 2.37. The van der Waals surface area contributed by atoms with Crippen LogP contribution in [0.5, 0.6) is 5.75 Å². The number of likely N-dealkylation sites (tertiary alicyclic amines) is 1. The largest absolute Gasteiger partial charge is 0.497 e. The highest BCUT2D eigenvalue weighted by molar-refractivity contribution is 5.31. The molecule has 1 heterocycles. The highest BCUT2D eigenvalue weighted by Gasteiger charge is 2.32.